The lowest BCUT2D eigenvalue weighted by atomic mass is 9.88. The van der Waals surface area contributed by atoms with Crippen molar-refractivity contribution in [3.8, 4) is 0 Å². The molecule has 1 aliphatic heterocycles. The van der Waals surface area contributed by atoms with Crippen LogP contribution in [-0.2, 0) is 12.6 Å². The fourth-order valence-corrected chi connectivity index (χ4v) is 4.49. The molecule has 0 aliphatic carbocycles. The Morgan fingerprint density at radius 1 is 1.16 bits per heavy atom. The molecule has 1 aliphatic rings. The van der Waals surface area contributed by atoms with Crippen LogP contribution in [0, 0.1) is 16.0 Å². The standard InChI is InChI=1S/C22H19ClF3N3O2/c23-19-13-16(29(30)31)4-6-20(19)28-10-7-14(8-11-28)12-15-3-5-18(22(24,25)26)17-2-1-9-27-21(15)17/h1-6,9,13-14H,7-8,10-12H2. The molecule has 5 nitrogen and oxygen atoms in total. The van der Waals surface area contributed by atoms with Gasteiger partial charge >= 0.3 is 6.18 Å². The van der Waals surface area contributed by atoms with Gasteiger partial charge in [-0.2, -0.15) is 13.2 Å². The Morgan fingerprint density at radius 3 is 2.55 bits per heavy atom. The van der Waals surface area contributed by atoms with Crippen molar-refractivity contribution in [2.45, 2.75) is 25.4 Å². The molecule has 162 valence electrons. The number of nitrogens with zero attached hydrogens (tertiary/aromatic N) is 3. The van der Waals surface area contributed by atoms with E-state index in [9.17, 15) is 23.3 Å². The van der Waals surface area contributed by atoms with Crippen LogP contribution in [0.1, 0.15) is 24.0 Å². The smallest absolute Gasteiger partial charge is 0.370 e. The average molecular weight is 450 g/mol. The number of halogens is 4. The lowest BCUT2D eigenvalue weighted by Gasteiger charge is -2.34. The Balaban J connectivity index is 1.49. The van der Waals surface area contributed by atoms with E-state index >= 15 is 0 Å². The number of benzene rings is 2. The number of pyridine rings is 1. The number of fused-ring (bicyclic) bond motifs is 1. The topological polar surface area (TPSA) is 59.3 Å². The van der Waals surface area contributed by atoms with Crippen LogP contribution in [0.25, 0.3) is 10.9 Å². The van der Waals surface area contributed by atoms with Gasteiger partial charge in [-0.15, -0.1) is 0 Å². The van der Waals surface area contributed by atoms with Crippen LogP contribution >= 0.6 is 11.6 Å². The molecule has 4 rings (SSSR count). The van der Waals surface area contributed by atoms with Gasteiger partial charge in [-0.25, -0.2) is 0 Å². The van der Waals surface area contributed by atoms with Crippen LogP contribution in [-0.4, -0.2) is 23.0 Å². The van der Waals surface area contributed by atoms with Crippen LogP contribution in [0.2, 0.25) is 5.02 Å². The predicted octanol–water partition coefficient (Wildman–Crippen LogP) is 6.27. The number of non-ortho nitro benzene ring substituents is 1. The van der Waals surface area contributed by atoms with Crippen molar-refractivity contribution >= 4 is 33.9 Å². The van der Waals surface area contributed by atoms with Crippen molar-refractivity contribution in [1.82, 2.24) is 4.98 Å². The Bertz CT molecular complexity index is 1130. The van der Waals surface area contributed by atoms with Gasteiger partial charge in [0.2, 0.25) is 0 Å². The molecule has 2 aromatic carbocycles. The summed E-state index contributed by atoms with van der Waals surface area (Å²) in [5, 5.41) is 11.4. The SMILES string of the molecule is O=[N+]([O-])c1ccc(N2CCC(Cc3ccc(C(F)(F)F)c4cccnc34)CC2)c(Cl)c1. The second-order valence-corrected chi connectivity index (χ2v) is 8.10. The number of hydrogen-bond acceptors (Lipinski definition) is 4. The Hall–Kier alpha value is -2.87. The van der Waals surface area contributed by atoms with E-state index in [0.29, 0.717) is 36.0 Å². The number of anilines is 1. The van der Waals surface area contributed by atoms with Gasteiger partial charge in [0.05, 0.1) is 26.7 Å². The van der Waals surface area contributed by atoms with E-state index in [1.165, 1.54) is 36.5 Å². The number of aromatic nitrogens is 1. The molecule has 1 fully saturated rings. The highest BCUT2D eigenvalue weighted by Gasteiger charge is 2.33. The van der Waals surface area contributed by atoms with Crippen LogP contribution in [0.3, 0.4) is 0 Å². The summed E-state index contributed by atoms with van der Waals surface area (Å²) in [6.07, 6.45) is -0.584. The van der Waals surface area contributed by atoms with E-state index in [-0.39, 0.29) is 11.1 Å². The van der Waals surface area contributed by atoms with E-state index in [1.807, 2.05) is 0 Å². The van der Waals surface area contributed by atoms with Gasteiger partial charge in [-0.1, -0.05) is 23.7 Å². The van der Waals surface area contributed by atoms with Gasteiger partial charge in [-0.05, 0) is 48.9 Å². The number of hydrogen-bond donors (Lipinski definition) is 0. The molecule has 0 N–H and O–H groups in total. The minimum absolute atomic E-state index is 0.0506. The van der Waals surface area contributed by atoms with Crippen molar-refractivity contribution in [2.24, 2.45) is 5.92 Å². The number of piperidine rings is 1. The third-order valence-corrected chi connectivity index (χ3v) is 6.07. The van der Waals surface area contributed by atoms with Crippen LogP contribution in [0.5, 0.6) is 0 Å². The van der Waals surface area contributed by atoms with Gasteiger partial charge in [0.15, 0.2) is 0 Å². The minimum Gasteiger partial charge on any atom is -0.370 e. The van der Waals surface area contributed by atoms with Gasteiger partial charge < -0.3 is 4.90 Å². The molecule has 3 aromatic rings. The normalized spacial score (nSPS) is 15.4. The van der Waals surface area contributed by atoms with E-state index in [4.69, 9.17) is 11.6 Å². The summed E-state index contributed by atoms with van der Waals surface area (Å²) in [5.41, 5.74) is 1.26. The first-order valence-corrected chi connectivity index (χ1v) is 10.2. The monoisotopic (exact) mass is 449 g/mol. The first kappa shape index (κ1) is 21.4. The van der Waals surface area contributed by atoms with Crippen LogP contribution in [0.15, 0.2) is 48.7 Å². The van der Waals surface area contributed by atoms with Gasteiger partial charge in [0.1, 0.15) is 0 Å². The summed E-state index contributed by atoms with van der Waals surface area (Å²) in [6, 6.07) is 10.1. The summed E-state index contributed by atoms with van der Waals surface area (Å²) in [4.78, 5) is 16.7. The van der Waals surface area contributed by atoms with Gasteiger partial charge in [0, 0.05) is 36.8 Å². The highest BCUT2D eigenvalue weighted by molar-refractivity contribution is 6.33. The number of nitro benzene ring substituents is 1. The second kappa shape index (κ2) is 8.34. The molecule has 1 aromatic heterocycles. The average Bonchev–Trinajstić information content (AvgIpc) is 2.73. The van der Waals surface area contributed by atoms with E-state index in [1.54, 1.807) is 6.07 Å². The maximum absolute atomic E-state index is 13.3. The maximum Gasteiger partial charge on any atom is 0.417 e. The van der Waals surface area contributed by atoms with Crippen molar-refractivity contribution in [2.75, 3.05) is 18.0 Å². The molecule has 0 bridgehead atoms. The predicted molar refractivity (Wildman–Crippen MR) is 113 cm³/mol. The lowest BCUT2D eigenvalue weighted by molar-refractivity contribution is -0.384. The van der Waals surface area contributed by atoms with Crippen molar-refractivity contribution in [3.63, 3.8) is 0 Å². The Morgan fingerprint density at radius 2 is 1.90 bits per heavy atom. The lowest BCUT2D eigenvalue weighted by Crippen LogP contribution is -2.34. The first-order chi connectivity index (χ1) is 14.7. The summed E-state index contributed by atoms with van der Waals surface area (Å²) in [6.45, 7) is 1.43. The molecular formula is C22H19ClF3N3O2. The molecular weight excluding hydrogens is 431 g/mol. The third-order valence-electron chi connectivity index (χ3n) is 5.76. The third kappa shape index (κ3) is 4.44. The fraction of sp³-hybridized carbons (Fsp3) is 0.318. The molecule has 0 atom stereocenters. The Labute approximate surface area is 181 Å². The molecule has 0 unspecified atom stereocenters. The maximum atomic E-state index is 13.3. The molecule has 2 heterocycles. The molecule has 0 spiro atoms. The first-order valence-electron chi connectivity index (χ1n) is 9.86. The second-order valence-electron chi connectivity index (χ2n) is 7.70. The van der Waals surface area contributed by atoms with Crippen molar-refractivity contribution in [1.29, 1.82) is 0 Å². The van der Waals surface area contributed by atoms with Crippen LogP contribution < -0.4 is 4.90 Å². The van der Waals surface area contributed by atoms with E-state index < -0.39 is 16.7 Å². The van der Waals surface area contributed by atoms with Gasteiger partial charge in [-0.3, -0.25) is 15.1 Å². The zero-order valence-corrected chi connectivity index (χ0v) is 17.2. The van der Waals surface area contributed by atoms with Crippen LogP contribution in [0.4, 0.5) is 24.5 Å². The summed E-state index contributed by atoms with van der Waals surface area (Å²) in [5.74, 6) is 0.301. The zero-order valence-electron chi connectivity index (χ0n) is 16.4. The fourth-order valence-electron chi connectivity index (χ4n) is 4.20. The highest BCUT2D eigenvalue weighted by atomic mass is 35.5. The van der Waals surface area contributed by atoms with Gasteiger partial charge in [0.25, 0.3) is 5.69 Å². The summed E-state index contributed by atoms with van der Waals surface area (Å²) in [7, 11) is 0. The highest BCUT2D eigenvalue weighted by Crippen LogP contribution is 2.37. The molecule has 0 radical (unpaired) electrons. The van der Waals surface area contributed by atoms with Crippen molar-refractivity contribution in [3.05, 3.63) is 74.9 Å². The number of alkyl halides is 3. The minimum atomic E-state index is -4.42. The van der Waals surface area contributed by atoms with E-state index in [2.05, 4.69) is 9.88 Å². The largest absolute Gasteiger partial charge is 0.417 e. The molecule has 0 saturated carbocycles. The Kier molecular flexibility index (Phi) is 5.75. The summed E-state index contributed by atoms with van der Waals surface area (Å²) < 4.78 is 40.0. The number of nitro groups is 1. The zero-order chi connectivity index (χ0) is 22.2. The van der Waals surface area contributed by atoms with Crippen molar-refractivity contribution < 1.29 is 18.1 Å². The summed E-state index contributed by atoms with van der Waals surface area (Å²) >= 11 is 6.24. The number of rotatable bonds is 4. The molecule has 0 amide bonds. The van der Waals surface area contributed by atoms with E-state index in [0.717, 1.165) is 30.2 Å². The quantitative estimate of drug-likeness (QED) is 0.347. The molecule has 31 heavy (non-hydrogen) atoms. The molecule has 1 saturated heterocycles. The molecule has 9 heteroatoms.